The van der Waals surface area contributed by atoms with Gasteiger partial charge in [0.1, 0.15) is 0 Å². The first-order valence-corrected chi connectivity index (χ1v) is 6.38. The second-order valence-corrected chi connectivity index (χ2v) is 4.30. The van der Waals surface area contributed by atoms with Gasteiger partial charge in [-0.1, -0.05) is 39.0 Å². The predicted octanol–water partition coefficient (Wildman–Crippen LogP) is 4.15. The Balaban J connectivity index is 2.24. The zero-order valence-electron chi connectivity index (χ0n) is 10.4. The molecule has 2 nitrogen and oxygen atoms in total. The number of Topliss-reactive ketones (excluding diaryl/α,β-unsaturated/α-hetero) is 1. The van der Waals surface area contributed by atoms with Crippen molar-refractivity contribution >= 4 is 5.78 Å². The van der Waals surface area contributed by atoms with Gasteiger partial charge in [0.05, 0.1) is 11.8 Å². The van der Waals surface area contributed by atoms with E-state index < -0.39 is 5.82 Å². The van der Waals surface area contributed by atoms with Crippen molar-refractivity contribution in [1.29, 1.82) is 0 Å². The van der Waals surface area contributed by atoms with Crippen molar-refractivity contribution in [2.24, 2.45) is 0 Å². The Hall–Kier alpha value is -1.25. The van der Waals surface area contributed by atoms with Crippen LogP contribution in [-0.2, 0) is 0 Å². The molecule has 0 fully saturated rings. The molecule has 1 heterocycles. The normalized spacial score (nSPS) is 10.5. The lowest BCUT2D eigenvalue weighted by molar-refractivity contribution is 0.0975. The number of hydrogen-bond donors (Lipinski definition) is 0. The maximum absolute atomic E-state index is 13.2. The number of rotatable bonds is 8. The van der Waals surface area contributed by atoms with E-state index in [1.54, 1.807) is 0 Å². The number of carbonyl (C=O) groups is 1. The molecule has 0 saturated carbocycles. The molecule has 0 atom stereocenters. The third-order valence-electron chi connectivity index (χ3n) is 2.83. The Morgan fingerprint density at radius 2 is 1.94 bits per heavy atom. The smallest absolute Gasteiger partial charge is 0.165 e. The van der Waals surface area contributed by atoms with Crippen molar-refractivity contribution in [2.75, 3.05) is 0 Å². The Labute approximate surface area is 102 Å². The van der Waals surface area contributed by atoms with E-state index in [0.717, 1.165) is 19.0 Å². The van der Waals surface area contributed by atoms with Crippen molar-refractivity contribution < 1.29 is 9.18 Å². The van der Waals surface area contributed by atoms with Crippen LogP contribution in [0.1, 0.15) is 62.2 Å². The average Bonchev–Trinajstić information content (AvgIpc) is 2.34. The van der Waals surface area contributed by atoms with Crippen LogP contribution in [0.15, 0.2) is 18.5 Å². The van der Waals surface area contributed by atoms with E-state index in [9.17, 15) is 9.18 Å². The lowest BCUT2D eigenvalue weighted by Gasteiger charge is -2.02. The van der Waals surface area contributed by atoms with E-state index in [2.05, 4.69) is 11.9 Å². The van der Waals surface area contributed by atoms with Gasteiger partial charge in [-0.25, -0.2) is 4.39 Å². The number of carbonyl (C=O) groups excluding carboxylic acids is 1. The summed E-state index contributed by atoms with van der Waals surface area (Å²) in [6, 6.07) is 1.45. The van der Waals surface area contributed by atoms with Crippen LogP contribution in [0.4, 0.5) is 4.39 Å². The molecule has 0 aliphatic carbocycles. The predicted molar refractivity (Wildman–Crippen MR) is 66.5 cm³/mol. The third kappa shape index (κ3) is 5.07. The number of hydrogen-bond acceptors (Lipinski definition) is 2. The van der Waals surface area contributed by atoms with Gasteiger partial charge in [0.2, 0.25) is 0 Å². The van der Waals surface area contributed by atoms with Crippen LogP contribution in [0.25, 0.3) is 0 Å². The number of nitrogens with zero attached hydrogens (tertiary/aromatic N) is 1. The van der Waals surface area contributed by atoms with Gasteiger partial charge in [-0.3, -0.25) is 9.78 Å². The number of pyridine rings is 1. The monoisotopic (exact) mass is 237 g/mol. The van der Waals surface area contributed by atoms with Crippen molar-refractivity contribution in [3.63, 3.8) is 0 Å². The van der Waals surface area contributed by atoms with Crippen LogP contribution >= 0.6 is 0 Å². The second kappa shape index (κ2) is 7.93. The highest BCUT2D eigenvalue weighted by Gasteiger charge is 2.10. The highest BCUT2D eigenvalue weighted by Crippen LogP contribution is 2.12. The standard InChI is InChI=1S/C14H20FNO/c1-2-3-4-5-6-7-8-14(17)12-9-10-16-11-13(12)15/h9-11H,2-8H2,1H3. The molecule has 1 aromatic rings. The van der Waals surface area contributed by atoms with Gasteiger partial charge in [-0.15, -0.1) is 0 Å². The Morgan fingerprint density at radius 1 is 1.24 bits per heavy atom. The van der Waals surface area contributed by atoms with E-state index in [4.69, 9.17) is 0 Å². The van der Waals surface area contributed by atoms with Gasteiger partial charge in [0, 0.05) is 12.6 Å². The molecule has 1 rings (SSSR count). The fourth-order valence-corrected chi connectivity index (χ4v) is 1.80. The van der Waals surface area contributed by atoms with Crippen LogP contribution in [-0.4, -0.2) is 10.8 Å². The molecule has 0 radical (unpaired) electrons. The first-order valence-electron chi connectivity index (χ1n) is 6.38. The quantitative estimate of drug-likeness (QED) is 0.502. The molecule has 0 amide bonds. The van der Waals surface area contributed by atoms with Crippen LogP contribution in [0.2, 0.25) is 0 Å². The molecule has 0 saturated heterocycles. The fourth-order valence-electron chi connectivity index (χ4n) is 1.80. The molecule has 94 valence electrons. The summed E-state index contributed by atoms with van der Waals surface area (Å²) in [4.78, 5) is 15.3. The summed E-state index contributed by atoms with van der Waals surface area (Å²) in [5, 5.41) is 0. The molecule has 0 unspecified atom stereocenters. The zero-order valence-corrected chi connectivity index (χ0v) is 10.4. The van der Waals surface area contributed by atoms with Crippen molar-refractivity contribution in [3.8, 4) is 0 Å². The van der Waals surface area contributed by atoms with Crippen molar-refractivity contribution in [2.45, 2.75) is 51.9 Å². The Bertz CT molecular complexity index is 352. The SMILES string of the molecule is CCCCCCCCC(=O)c1ccncc1F. The highest BCUT2D eigenvalue weighted by molar-refractivity contribution is 5.96. The van der Waals surface area contributed by atoms with Gasteiger partial charge in [0.15, 0.2) is 11.6 Å². The van der Waals surface area contributed by atoms with Crippen molar-refractivity contribution in [1.82, 2.24) is 4.98 Å². The van der Waals surface area contributed by atoms with E-state index in [0.29, 0.717) is 6.42 Å². The fraction of sp³-hybridized carbons (Fsp3) is 0.571. The second-order valence-electron chi connectivity index (χ2n) is 4.30. The number of aromatic nitrogens is 1. The molecular weight excluding hydrogens is 217 g/mol. The average molecular weight is 237 g/mol. The number of halogens is 1. The lowest BCUT2D eigenvalue weighted by atomic mass is 10.0. The molecule has 0 aliphatic rings. The molecule has 0 bridgehead atoms. The lowest BCUT2D eigenvalue weighted by Crippen LogP contribution is -2.02. The largest absolute Gasteiger partial charge is 0.294 e. The highest BCUT2D eigenvalue weighted by atomic mass is 19.1. The van der Waals surface area contributed by atoms with Crippen LogP contribution in [0, 0.1) is 5.82 Å². The van der Waals surface area contributed by atoms with Gasteiger partial charge >= 0.3 is 0 Å². The summed E-state index contributed by atoms with van der Waals surface area (Å²) in [6.45, 7) is 2.18. The minimum Gasteiger partial charge on any atom is -0.294 e. The maximum Gasteiger partial charge on any atom is 0.165 e. The number of unbranched alkanes of at least 4 members (excludes halogenated alkanes) is 5. The molecule has 1 aromatic heterocycles. The van der Waals surface area contributed by atoms with E-state index in [1.165, 1.54) is 37.9 Å². The molecule has 0 aromatic carbocycles. The molecule has 3 heteroatoms. The molecule has 0 N–H and O–H groups in total. The van der Waals surface area contributed by atoms with Crippen LogP contribution in [0.3, 0.4) is 0 Å². The van der Waals surface area contributed by atoms with E-state index >= 15 is 0 Å². The molecular formula is C14H20FNO. The topological polar surface area (TPSA) is 30.0 Å². The first kappa shape index (κ1) is 13.8. The summed E-state index contributed by atoms with van der Waals surface area (Å²) in [5.41, 5.74) is 0.175. The van der Waals surface area contributed by atoms with E-state index in [-0.39, 0.29) is 11.3 Å². The Morgan fingerprint density at radius 3 is 2.65 bits per heavy atom. The molecule has 0 spiro atoms. The van der Waals surface area contributed by atoms with Gasteiger partial charge in [-0.2, -0.15) is 0 Å². The summed E-state index contributed by atoms with van der Waals surface area (Å²) in [6.07, 6.45) is 9.77. The Kier molecular flexibility index (Phi) is 6.45. The van der Waals surface area contributed by atoms with E-state index in [1.807, 2.05) is 0 Å². The van der Waals surface area contributed by atoms with Crippen LogP contribution in [0.5, 0.6) is 0 Å². The minimum absolute atomic E-state index is 0.111. The third-order valence-corrected chi connectivity index (χ3v) is 2.83. The molecule has 0 aliphatic heterocycles. The van der Waals surface area contributed by atoms with Gasteiger partial charge < -0.3 is 0 Å². The van der Waals surface area contributed by atoms with Crippen molar-refractivity contribution in [3.05, 3.63) is 29.8 Å². The molecule has 17 heavy (non-hydrogen) atoms. The summed E-state index contributed by atoms with van der Waals surface area (Å²) < 4.78 is 13.2. The summed E-state index contributed by atoms with van der Waals surface area (Å²) in [5.74, 6) is -0.621. The number of ketones is 1. The van der Waals surface area contributed by atoms with Gasteiger partial charge in [-0.05, 0) is 12.5 Å². The maximum atomic E-state index is 13.2. The summed E-state index contributed by atoms with van der Waals surface area (Å²) >= 11 is 0. The van der Waals surface area contributed by atoms with Crippen LogP contribution < -0.4 is 0 Å². The zero-order chi connectivity index (χ0) is 12.5. The summed E-state index contributed by atoms with van der Waals surface area (Å²) in [7, 11) is 0. The minimum atomic E-state index is -0.511. The van der Waals surface area contributed by atoms with Gasteiger partial charge in [0.25, 0.3) is 0 Å². The first-order chi connectivity index (χ1) is 8.25.